The predicted molar refractivity (Wildman–Crippen MR) is 65.4 cm³/mol. The molecule has 0 radical (unpaired) electrons. The van der Waals surface area contributed by atoms with Crippen LogP contribution in [0.2, 0.25) is 6.32 Å². The maximum atomic E-state index is 11.3. The van der Waals surface area contributed by atoms with Gasteiger partial charge in [-0.1, -0.05) is 6.32 Å². The van der Waals surface area contributed by atoms with E-state index in [1.807, 2.05) is 20.8 Å². The average Bonchev–Trinajstić information content (AvgIpc) is 2.05. The zero-order valence-electron chi connectivity index (χ0n) is 10.8. The Morgan fingerprint density at radius 1 is 1.44 bits per heavy atom. The summed E-state index contributed by atoms with van der Waals surface area (Å²) in [7, 11) is 2.16. The Morgan fingerprint density at radius 3 is 2.56 bits per heavy atom. The summed E-state index contributed by atoms with van der Waals surface area (Å²) in [6.07, 6.45) is 1.37. The van der Waals surface area contributed by atoms with Gasteiger partial charge < -0.3 is 9.47 Å². The fourth-order valence-corrected chi connectivity index (χ4v) is 1.68. The fourth-order valence-electron chi connectivity index (χ4n) is 1.68. The van der Waals surface area contributed by atoms with Crippen LogP contribution in [-0.4, -0.2) is 56.7 Å². The number of carbonyl (C=O) groups is 1. The van der Waals surface area contributed by atoms with Crippen LogP contribution < -0.4 is 0 Å². The van der Waals surface area contributed by atoms with E-state index in [-0.39, 0.29) is 18.7 Å². The van der Waals surface area contributed by atoms with Crippen molar-refractivity contribution >= 4 is 13.8 Å². The van der Waals surface area contributed by atoms with E-state index in [2.05, 4.69) is 12.7 Å². The molecule has 1 saturated heterocycles. The smallest absolute Gasteiger partial charge is 0.332 e. The lowest BCUT2D eigenvalue weighted by atomic mass is 10.0. The van der Waals surface area contributed by atoms with Crippen molar-refractivity contribution in [1.29, 1.82) is 0 Å². The minimum absolute atomic E-state index is 0.0713. The quantitative estimate of drug-likeness (QED) is 0.492. The molecule has 5 heteroatoms. The third kappa shape index (κ3) is 4.99. The largest absolute Gasteiger partial charge is 0.458 e. The number of rotatable bonds is 5. The summed E-state index contributed by atoms with van der Waals surface area (Å²) >= 11 is 0. The summed E-state index contributed by atoms with van der Waals surface area (Å²) in [6, 6.07) is 0. The van der Waals surface area contributed by atoms with Gasteiger partial charge in [-0.2, -0.15) is 0 Å². The second-order valence-corrected chi connectivity index (χ2v) is 5.28. The number of esters is 1. The first-order valence-corrected chi connectivity index (χ1v) is 5.96. The van der Waals surface area contributed by atoms with Crippen molar-refractivity contribution in [3.8, 4) is 0 Å². The first-order valence-electron chi connectivity index (χ1n) is 5.96. The molecule has 0 N–H and O–H groups in total. The van der Waals surface area contributed by atoms with Crippen molar-refractivity contribution in [2.45, 2.75) is 38.8 Å². The van der Waals surface area contributed by atoms with Crippen molar-refractivity contribution in [2.24, 2.45) is 0 Å². The van der Waals surface area contributed by atoms with Crippen molar-refractivity contribution in [1.82, 2.24) is 4.90 Å². The molecule has 0 spiro atoms. The van der Waals surface area contributed by atoms with Gasteiger partial charge in [0.25, 0.3) is 0 Å². The number of carbonyl (C=O) groups excluding carboxylic acids is 1. The molecule has 1 heterocycles. The lowest BCUT2D eigenvalue weighted by Gasteiger charge is -2.38. The van der Waals surface area contributed by atoms with Crippen molar-refractivity contribution in [3.63, 3.8) is 0 Å². The Kier molecular flexibility index (Phi) is 4.80. The normalized spacial score (nSPS) is 18.2. The minimum Gasteiger partial charge on any atom is -0.458 e. The average molecular weight is 227 g/mol. The maximum Gasteiger partial charge on any atom is 0.332 e. The molecular weight excluding hydrogens is 205 g/mol. The molecular formula is C11H22BNO3. The van der Waals surface area contributed by atoms with Gasteiger partial charge in [-0.15, -0.1) is 0 Å². The Labute approximate surface area is 98.7 Å². The van der Waals surface area contributed by atoms with E-state index in [0.717, 1.165) is 19.6 Å². The maximum absolute atomic E-state index is 11.3. The Balaban J connectivity index is 2.06. The van der Waals surface area contributed by atoms with Crippen LogP contribution in [0, 0.1) is 0 Å². The summed E-state index contributed by atoms with van der Waals surface area (Å²) in [6.45, 7) is 8.65. The molecule has 0 unspecified atom stereocenters. The number of ether oxygens (including phenoxy) is 2. The van der Waals surface area contributed by atoms with E-state index in [9.17, 15) is 4.79 Å². The van der Waals surface area contributed by atoms with Gasteiger partial charge in [0.1, 0.15) is 20.1 Å². The van der Waals surface area contributed by atoms with Crippen LogP contribution in [0.3, 0.4) is 0 Å². The van der Waals surface area contributed by atoms with Crippen LogP contribution in [0.25, 0.3) is 0 Å². The molecule has 1 aliphatic heterocycles. The van der Waals surface area contributed by atoms with Gasteiger partial charge in [-0.25, -0.2) is 4.79 Å². The lowest BCUT2D eigenvalue weighted by molar-refractivity contribution is -0.165. The van der Waals surface area contributed by atoms with Crippen LogP contribution in [-0.2, 0) is 14.3 Å². The van der Waals surface area contributed by atoms with E-state index in [0.29, 0.717) is 0 Å². The fraction of sp³-hybridized carbons (Fsp3) is 0.909. The molecule has 0 atom stereocenters. The zero-order valence-corrected chi connectivity index (χ0v) is 10.8. The van der Waals surface area contributed by atoms with Crippen LogP contribution >= 0.6 is 0 Å². The summed E-state index contributed by atoms with van der Waals surface area (Å²) in [5.41, 5.74) is -0.422. The molecule has 0 aromatic heterocycles. The number of hydrogen-bond donors (Lipinski definition) is 0. The zero-order chi connectivity index (χ0) is 12.2. The van der Waals surface area contributed by atoms with Gasteiger partial charge in [-0.3, -0.25) is 4.90 Å². The predicted octanol–water partition coefficient (Wildman–Crippen LogP) is 0.0803. The molecule has 0 aromatic carbocycles. The summed E-state index contributed by atoms with van der Waals surface area (Å²) in [4.78, 5) is 13.7. The topological polar surface area (TPSA) is 38.8 Å². The second-order valence-electron chi connectivity index (χ2n) is 5.28. The number of hydrogen-bond acceptors (Lipinski definition) is 4. The highest BCUT2D eigenvalue weighted by Gasteiger charge is 2.27. The van der Waals surface area contributed by atoms with Crippen molar-refractivity contribution in [2.75, 3.05) is 26.2 Å². The van der Waals surface area contributed by atoms with Crippen LogP contribution in [0.1, 0.15) is 20.8 Å². The SMILES string of the molecule is BCCN1CC(OCC(=O)OC(C)(C)C)C1. The first kappa shape index (κ1) is 13.5. The molecule has 1 fully saturated rings. The molecule has 0 aromatic rings. The van der Waals surface area contributed by atoms with Gasteiger partial charge in [0.2, 0.25) is 0 Å². The summed E-state index contributed by atoms with van der Waals surface area (Å²) in [5, 5.41) is 0. The van der Waals surface area contributed by atoms with Crippen LogP contribution in [0.5, 0.6) is 0 Å². The van der Waals surface area contributed by atoms with E-state index in [4.69, 9.17) is 9.47 Å². The van der Waals surface area contributed by atoms with Gasteiger partial charge in [0, 0.05) is 13.1 Å². The highest BCUT2D eigenvalue weighted by molar-refractivity contribution is 6.08. The molecule has 16 heavy (non-hydrogen) atoms. The highest BCUT2D eigenvalue weighted by atomic mass is 16.6. The molecule has 0 saturated carbocycles. The van der Waals surface area contributed by atoms with Gasteiger partial charge in [0.05, 0.1) is 6.10 Å². The van der Waals surface area contributed by atoms with Crippen LogP contribution in [0.4, 0.5) is 0 Å². The number of likely N-dealkylation sites (tertiary alicyclic amines) is 1. The standard InChI is InChI=1S/C11H22BNO3/c1-11(2,3)16-10(14)8-15-9-6-13(7-9)5-4-12/h9H,4-8,12H2,1-3H3. The third-order valence-corrected chi connectivity index (χ3v) is 2.32. The Bertz CT molecular complexity index is 234. The monoisotopic (exact) mass is 227 g/mol. The van der Waals surface area contributed by atoms with Crippen LogP contribution in [0.15, 0.2) is 0 Å². The Morgan fingerprint density at radius 2 is 2.06 bits per heavy atom. The van der Waals surface area contributed by atoms with E-state index >= 15 is 0 Å². The second kappa shape index (κ2) is 5.68. The first-order chi connectivity index (χ1) is 7.40. The third-order valence-electron chi connectivity index (χ3n) is 2.32. The summed E-state index contributed by atoms with van der Waals surface area (Å²) < 4.78 is 10.6. The van der Waals surface area contributed by atoms with E-state index in [1.165, 1.54) is 6.32 Å². The molecule has 1 aliphatic rings. The van der Waals surface area contributed by atoms with E-state index in [1.54, 1.807) is 0 Å². The van der Waals surface area contributed by atoms with Gasteiger partial charge in [0.15, 0.2) is 0 Å². The Hall–Kier alpha value is -0.545. The van der Waals surface area contributed by atoms with Gasteiger partial charge in [-0.05, 0) is 27.3 Å². The summed E-state index contributed by atoms with van der Waals surface area (Å²) in [5.74, 6) is -0.276. The molecule has 0 amide bonds. The van der Waals surface area contributed by atoms with Crippen molar-refractivity contribution in [3.05, 3.63) is 0 Å². The lowest BCUT2D eigenvalue weighted by Crippen LogP contribution is -2.52. The van der Waals surface area contributed by atoms with Gasteiger partial charge >= 0.3 is 5.97 Å². The van der Waals surface area contributed by atoms with Crippen molar-refractivity contribution < 1.29 is 14.3 Å². The molecule has 0 bridgehead atoms. The molecule has 92 valence electrons. The number of nitrogens with zero attached hydrogens (tertiary/aromatic N) is 1. The molecule has 4 nitrogen and oxygen atoms in total. The molecule has 1 rings (SSSR count). The minimum atomic E-state index is -0.422. The molecule has 0 aliphatic carbocycles. The van der Waals surface area contributed by atoms with E-state index < -0.39 is 5.60 Å². The highest BCUT2D eigenvalue weighted by Crippen LogP contribution is 2.12.